The summed E-state index contributed by atoms with van der Waals surface area (Å²) in [4.78, 5) is 0.641. The van der Waals surface area contributed by atoms with E-state index in [4.69, 9.17) is 0 Å². The van der Waals surface area contributed by atoms with Gasteiger partial charge in [-0.15, -0.1) is 0 Å². The van der Waals surface area contributed by atoms with Gasteiger partial charge in [-0.2, -0.15) is 13.2 Å². The summed E-state index contributed by atoms with van der Waals surface area (Å²) in [5.41, 5.74) is 0. The standard InChI is InChI=1S/C9H17F3N2/c1-7(2)13-6-8-4-3-5-14(8)9(10,11)12/h7-8,13H,3-6H2,1-2H3/t8-/m1/s1. The molecule has 5 heteroatoms. The topological polar surface area (TPSA) is 15.3 Å². The van der Waals surface area contributed by atoms with E-state index in [1.165, 1.54) is 0 Å². The van der Waals surface area contributed by atoms with Crippen LogP contribution in [0.15, 0.2) is 0 Å². The lowest BCUT2D eigenvalue weighted by Crippen LogP contribution is -2.47. The molecule has 0 aromatic rings. The lowest BCUT2D eigenvalue weighted by atomic mass is 10.2. The molecular weight excluding hydrogens is 193 g/mol. The van der Waals surface area contributed by atoms with Crippen LogP contribution in [0.2, 0.25) is 0 Å². The molecule has 14 heavy (non-hydrogen) atoms. The van der Waals surface area contributed by atoms with Gasteiger partial charge in [0.1, 0.15) is 0 Å². The number of nitrogens with one attached hydrogen (secondary N) is 1. The van der Waals surface area contributed by atoms with Crippen molar-refractivity contribution in [3.05, 3.63) is 0 Å². The molecule has 0 aromatic heterocycles. The minimum Gasteiger partial charge on any atom is -0.313 e. The molecule has 0 unspecified atom stereocenters. The van der Waals surface area contributed by atoms with E-state index in [2.05, 4.69) is 5.32 Å². The van der Waals surface area contributed by atoms with Gasteiger partial charge >= 0.3 is 6.30 Å². The van der Waals surface area contributed by atoms with Crippen molar-refractivity contribution in [2.75, 3.05) is 13.1 Å². The normalized spacial score (nSPS) is 24.9. The zero-order valence-electron chi connectivity index (χ0n) is 8.56. The van der Waals surface area contributed by atoms with Crippen molar-refractivity contribution in [3.63, 3.8) is 0 Å². The molecule has 0 saturated carbocycles. The van der Waals surface area contributed by atoms with Crippen LogP contribution in [0.5, 0.6) is 0 Å². The van der Waals surface area contributed by atoms with Gasteiger partial charge in [0, 0.05) is 25.2 Å². The monoisotopic (exact) mass is 210 g/mol. The molecule has 0 amide bonds. The Morgan fingerprint density at radius 1 is 1.43 bits per heavy atom. The highest BCUT2D eigenvalue weighted by Gasteiger charge is 2.43. The Balaban J connectivity index is 2.43. The molecule has 1 saturated heterocycles. The first-order valence-electron chi connectivity index (χ1n) is 4.98. The Hall–Kier alpha value is -0.290. The van der Waals surface area contributed by atoms with Gasteiger partial charge in [0.2, 0.25) is 0 Å². The summed E-state index contributed by atoms with van der Waals surface area (Å²) >= 11 is 0. The maximum atomic E-state index is 12.4. The quantitative estimate of drug-likeness (QED) is 0.716. The fourth-order valence-electron chi connectivity index (χ4n) is 1.75. The number of likely N-dealkylation sites (tertiary alicyclic amines) is 1. The average molecular weight is 210 g/mol. The minimum absolute atomic E-state index is 0.147. The molecule has 0 aliphatic carbocycles. The van der Waals surface area contributed by atoms with Crippen LogP contribution in [0.25, 0.3) is 0 Å². The van der Waals surface area contributed by atoms with Gasteiger partial charge in [-0.25, -0.2) is 4.90 Å². The van der Waals surface area contributed by atoms with Crippen LogP contribution in [-0.2, 0) is 0 Å². The van der Waals surface area contributed by atoms with E-state index in [0.717, 1.165) is 0 Å². The highest BCUT2D eigenvalue weighted by molar-refractivity contribution is 4.82. The second kappa shape index (κ2) is 4.49. The Morgan fingerprint density at radius 3 is 2.57 bits per heavy atom. The number of alkyl halides is 3. The first-order valence-corrected chi connectivity index (χ1v) is 4.98. The summed E-state index contributed by atoms with van der Waals surface area (Å²) in [7, 11) is 0. The van der Waals surface area contributed by atoms with Gasteiger partial charge in [0.25, 0.3) is 0 Å². The van der Waals surface area contributed by atoms with Gasteiger partial charge in [-0.05, 0) is 12.8 Å². The molecule has 1 aliphatic rings. The van der Waals surface area contributed by atoms with E-state index in [1.807, 2.05) is 13.8 Å². The fraction of sp³-hybridized carbons (Fsp3) is 1.00. The average Bonchev–Trinajstić information content (AvgIpc) is 2.46. The molecule has 0 aromatic carbocycles. The van der Waals surface area contributed by atoms with E-state index >= 15 is 0 Å². The summed E-state index contributed by atoms with van der Waals surface area (Å²) in [6, 6.07) is -0.136. The Kier molecular flexibility index (Phi) is 3.78. The van der Waals surface area contributed by atoms with Crippen molar-refractivity contribution in [1.82, 2.24) is 10.2 Å². The highest BCUT2D eigenvalue weighted by Crippen LogP contribution is 2.30. The van der Waals surface area contributed by atoms with Crippen LogP contribution in [0, 0.1) is 0 Å². The molecule has 0 bridgehead atoms. The lowest BCUT2D eigenvalue weighted by molar-refractivity contribution is -0.249. The molecule has 1 heterocycles. The summed E-state index contributed by atoms with van der Waals surface area (Å²) < 4.78 is 37.3. The lowest BCUT2D eigenvalue weighted by Gasteiger charge is -2.27. The van der Waals surface area contributed by atoms with E-state index in [9.17, 15) is 13.2 Å². The number of rotatable bonds is 3. The minimum atomic E-state index is -4.17. The van der Waals surface area contributed by atoms with Gasteiger partial charge in [-0.1, -0.05) is 13.8 Å². The zero-order chi connectivity index (χ0) is 10.8. The smallest absolute Gasteiger partial charge is 0.313 e. The zero-order valence-corrected chi connectivity index (χ0v) is 8.56. The third kappa shape index (κ3) is 3.13. The third-order valence-corrected chi connectivity index (χ3v) is 2.46. The first kappa shape index (κ1) is 11.8. The summed E-state index contributed by atoms with van der Waals surface area (Å²) in [6.45, 7) is 4.45. The molecule has 1 N–H and O–H groups in total. The molecule has 1 fully saturated rings. The van der Waals surface area contributed by atoms with Gasteiger partial charge in [-0.3, -0.25) is 0 Å². The van der Waals surface area contributed by atoms with Crippen molar-refractivity contribution >= 4 is 0 Å². The maximum absolute atomic E-state index is 12.4. The largest absolute Gasteiger partial charge is 0.460 e. The van der Waals surface area contributed by atoms with Crippen molar-refractivity contribution in [3.8, 4) is 0 Å². The molecular formula is C9H17F3N2. The summed E-state index contributed by atoms with van der Waals surface area (Å²) in [5.74, 6) is 0. The second-order valence-corrected chi connectivity index (χ2v) is 4.02. The van der Waals surface area contributed by atoms with Crippen LogP contribution >= 0.6 is 0 Å². The fourth-order valence-corrected chi connectivity index (χ4v) is 1.75. The van der Waals surface area contributed by atoms with E-state index in [-0.39, 0.29) is 18.6 Å². The highest BCUT2D eigenvalue weighted by atomic mass is 19.4. The van der Waals surface area contributed by atoms with Crippen molar-refractivity contribution in [2.45, 2.75) is 45.1 Å². The Labute approximate surface area is 82.5 Å². The first-order chi connectivity index (χ1) is 6.41. The molecule has 1 rings (SSSR count). The van der Waals surface area contributed by atoms with Gasteiger partial charge in [0.15, 0.2) is 0 Å². The SMILES string of the molecule is CC(C)NC[C@H]1CCCN1C(F)(F)F. The number of halogens is 3. The van der Waals surface area contributed by atoms with Crippen LogP contribution < -0.4 is 5.32 Å². The molecule has 84 valence electrons. The predicted molar refractivity (Wildman–Crippen MR) is 48.9 cm³/mol. The van der Waals surface area contributed by atoms with E-state index in [1.54, 1.807) is 0 Å². The van der Waals surface area contributed by atoms with E-state index in [0.29, 0.717) is 24.3 Å². The third-order valence-electron chi connectivity index (χ3n) is 2.46. The number of hydrogen-bond donors (Lipinski definition) is 1. The second-order valence-electron chi connectivity index (χ2n) is 4.02. The molecule has 1 aliphatic heterocycles. The number of hydrogen-bond acceptors (Lipinski definition) is 2. The summed E-state index contributed by atoms with van der Waals surface area (Å²) in [6.07, 6.45) is -2.89. The molecule has 2 nitrogen and oxygen atoms in total. The van der Waals surface area contributed by atoms with E-state index < -0.39 is 6.30 Å². The number of nitrogens with zero attached hydrogens (tertiary/aromatic N) is 1. The molecule has 0 spiro atoms. The maximum Gasteiger partial charge on any atom is 0.460 e. The van der Waals surface area contributed by atoms with Crippen LogP contribution in [0.1, 0.15) is 26.7 Å². The molecule has 0 radical (unpaired) electrons. The Morgan fingerprint density at radius 2 is 2.07 bits per heavy atom. The Bertz CT molecular complexity index is 179. The van der Waals surface area contributed by atoms with Gasteiger partial charge in [0.05, 0.1) is 0 Å². The van der Waals surface area contributed by atoms with Crippen LogP contribution in [0.4, 0.5) is 13.2 Å². The van der Waals surface area contributed by atoms with Crippen LogP contribution in [-0.4, -0.2) is 36.4 Å². The van der Waals surface area contributed by atoms with Crippen molar-refractivity contribution in [1.29, 1.82) is 0 Å². The van der Waals surface area contributed by atoms with Gasteiger partial charge < -0.3 is 5.32 Å². The predicted octanol–water partition coefficient (Wildman–Crippen LogP) is 1.97. The van der Waals surface area contributed by atoms with Crippen LogP contribution in [0.3, 0.4) is 0 Å². The summed E-state index contributed by atoms with van der Waals surface area (Å²) in [5, 5.41) is 3.05. The molecule has 1 atom stereocenters. The van der Waals surface area contributed by atoms with Crippen molar-refractivity contribution in [2.24, 2.45) is 0 Å². The van der Waals surface area contributed by atoms with Crippen molar-refractivity contribution < 1.29 is 13.2 Å².